The molecule has 0 aromatic heterocycles. The van der Waals surface area contributed by atoms with E-state index >= 15 is 0 Å². The Kier molecular flexibility index (Phi) is 5.10. The maximum atomic E-state index is 12.4. The zero-order valence-electron chi connectivity index (χ0n) is 14.7. The van der Waals surface area contributed by atoms with Crippen LogP contribution >= 0.6 is 11.6 Å². The van der Waals surface area contributed by atoms with E-state index in [1.165, 1.54) is 38.4 Å². The van der Waals surface area contributed by atoms with Crippen molar-refractivity contribution < 1.29 is 13.2 Å². The molecule has 0 radical (unpaired) electrons. The minimum Gasteiger partial charge on any atom is -0.351 e. The predicted octanol–water partition coefficient (Wildman–Crippen LogP) is 3.05. The third kappa shape index (κ3) is 3.77. The first-order valence-corrected chi connectivity index (χ1v) is 10.1. The van der Waals surface area contributed by atoms with Crippen LogP contribution in [-0.2, 0) is 15.4 Å². The maximum Gasteiger partial charge on any atom is 0.251 e. The van der Waals surface area contributed by atoms with Crippen molar-refractivity contribution in [2.75, 3.05) is 20.6 Å². The first kappa shape index (κ1) is 18.9. The average molecular weight is 393 g/mol. The number of carbonyl (C=O) groups excluding carboxylic acids is 1. The molecule has 1 N–H and O–H groups in total. The number of halogens is 1. The van der Waals surface area contributed by atoms with Crippen LogP contribution < -0.4 is 5.32 Å². The van der Waals surface area contributed by atoms with Crippen molar-refractivity contribution in [2.24, 2.45) is 0 Å². The summed E-state index contributed by atoms with van der Waals surface area (Å²) in [6.45, 7) is 0.532. The molecule has 26 heavy (non-hydrogen) atoms. The van der Waals surface area contributed by atoms with Crippen LogP contribution in [0.4, 0.5) is 0 Å². The van der Waals surface area contributed by atoms with E-state index in [4.69, 9.17) is 11.6 Å². The number of nitrogens with one attached hydrogen (secondary N) is 1. The molecule has 3 rings (SSSR count). The van der Waals surface area contributed by atoms with Gasteiger partial charge in [0.05, 0.1) is 4.90 Å². The van der Waals surface area contributed by atoms with Gasteiger partial charge in [-0.2, -0.15) is 0 Å². The van der Waals surface area contributed by atoms with Gasteiger partial charge in [0.15, 0.2) is 0 Å². The molecular weight excluding hydrogens is 372 g/mol. The van der Waals surface area contributed by atoms with Gasteiger partial charge in [0.2, 0.25) is 10.0 Å². The smallest absolute Gasteiger partial charge is 0.251 e. The molecule has 0 bridgehead atoms. The lowest BCUT2D eigenvalue weighted by molar-refractivity contribution is 0.0949. The maximum absolute atomic E-state index is 12.4. The normalized spacial score (nSPS) is 15.7. The molecule has 1 amide bonds. The molecule has 1 saturated carbocycles. The molecule has 0 heterocycles. The fraction of sp³-hybridized carbons (Fsp3) is 0.316. The van der Waals surface area contributed by atoms with Gasteiger partial charge in [-0.1, -0.05) is 23.7 Å². The van der Waals surface area contributed by atoms with Gasteiger partial charge in [0.1, 0.15) is 0 Å². The van der Waals surface area contributed by atoms with E-state index in [1.54, 1.807) is 0 Å². The summed E-state index contributed by atoms with van der Waals surface area (Å²) in [5, 5.41) is 3.65. The van der Waals surface area contributed by atoms with Crippen LogP contribution in [-0.4, -0.2) is 39.3 Å². The second-order valence-corrected chi connectivity index (χ2v) is 9.37. The van der Waals surface area contributed by atoms with Crippen LogP contribution in [0, 0.1) is 0 Å². The highest BCUT2D eigenvalue weighted by Gasteiger charge is 2.44. The van der Waals surface area contributed by atoms with Crippen molar-refractivity contribution in [3.05, 3.63) is 64.7 Å². The first-order chi connectivity index (χ1) is 12.2. The van der Waals surface area contributed by atoms with Gasteiger partial charge in [-0.05, 0) is 54.8 Å². The first-order valence-electron chi connectivity index (χ1n) is 8.31. The molecule has 5 nitrogen and oxygen atoms in total. The number of carbonyl (C=O) groups is 1. The standard InChI is InChI=1S/C19H21ClN2O3S/c1-22(2)26(24,25)17-8-6-14(7-9-17)18(23)21-13-19(10-11-19)15-4-3-5-16(20)12-15/h3-9,12H,10-11,13H2,1-2H3,(H,21,23). The topological polar surface area (TPSA) is 66.5 Å². The van der Waals surface area contributed by atoms with Crippen LogP contribution in [0.1, 0.15) is 28.8 Å². The summed E-state index contributed by atoms with van der Waals surface area (Å²) >= 11 is 6.07. The summed E-state index contributed by atoms with van der Waals surface area (Å²) in [6.07, 6.45) is 2.02. The Balaban J connectivity index is 1.68. The van der Waals surface area contributed by atoms with Crippen molar-refractivity contribution in [2.45, 2.75) is 23.2 Å². The summed E-state index contributed by atoms with van der Waals surface area (Å²) in [5.74, 6) is -0.216. The highest BCUT2D eigenvalue weighted by molar-refractivity contribution is 7.89. The van der Waals surface area contributed by atoms with Crippen molar-refractivity contribution in [1.82, 2.24) is 9.62 Å². The Morgan fingerprint density at radius 2 is 1.81 bits per heavy atom. The van der Waals surface area contributed by atoms with Gasteiger partial charge in [0.25, 0.3) is 5.91 Å². The van der Waals surface area contributed by atoms with Crippen LogP contribution in [0.2, 0.25) is 5.02 Å². The minimum atomic E-state index is -3.50. The molecule has 0 aliphatic heterocycles. The largest absolute Gasteiger partial charge is 0.351 e. The van der Waals surface area contributed by atoms with Crippen molar-refractivity contribution in [3.8, 4) is 0 Å². The number of amides is 1. The molecule has 1 aliphatic carbocycles. The number of hydrogen-bond donors (Lipinski definition) is 1. The molecule has 0 saturated heterocycles. The number of nitrogens with zero attached hydrogens (tertiary/aromatic N) is 1. The molecule has 2 aromatic rings. The molecule has 0 spiro atoms. The highest BCUT2D eigenvalue weighted by atomic mass is 35.5. The lowest BCUT2D eigenvalue weighted by Crippen LogP contribution is -2.32. The third-order valence-corrected chi connectivity index (χ3v) is 6.84. The van der Waals surface area contributed by atoms with Gasteiger partial charge >= 0.3 is 0 Å². The SMILES string of the molecule is CN(C)S(=O)(=O)c1ccc(C(=O)NCC2(c3cccc(Cl)c3)CC2)cc1. The van der Waals surface area contributed by atoms with Crippen LogP contribution in [0.3, 0.4) is 0 Å². The quantitative estimate of drug-likeness (QED) is 0.821. The van der Waals surface area contributed by atoms with E-state index < -0.39 is 10.0 Å². The van der Waals surface area contributed by atoms with Crippen LogP contribution in [0.5, 0.6) is 0 Å². The summed E-state index contributed by atoms with van der Waals surface area (Å²) in [6, 6.07) is 13.7. The summed E-state index contributed by atoms with van der Waals surface area (Å²) in [5.41, 5.74) is 1.52. The Hall–Kier alpha value is -1.89. The summed E-state index contributed by atoms with van der Waals surface area (Å²) in [7, 11) is -0.550. The molecule has 7 heteroatoms. The lowest BCUT2D eigenvalue weighted by Gasteiger charge is -2.17. The fourth-order valence-electron chi connectivity index (χ4n) is 2.88. The van der Waals surface area contributed by atoms with Gasteiger partial charge in [0, 0.05) is 36.6 Å². The number of hydrogen-bond acceptors (Lipinski definition) is 3. The molecular formula is C19H21ClN2O3S. The zero-order valence-corrected chi connectivity index (χ0v) is 16.3. The molecule has 1 aliphatic rings. The van der Waals surface area contributed by atoms with Gasteiger partial charge < -0.3 is 5.32 Å². The molecule has 1 fully saturated rings. The molecule has 2 aromatic carbocycles. The van der Waals surface area contributed by atoms with E-state index in [9.17, 15) is 13.2 Å². The van der Waals surface area contributed by atoms with E-state index in [0.29, 0.717) is 17.1 Å². The van der Waals surface area contributed by atoms with Crippen LogP contribution in [0.15, 0.2) is 53.4 Å². The number of sulfonamides is 1. The Bertz CT molecular complexity index is 920. The van der Waals surface area contributed by atoms with E-state index in [2.05, 4.69) is 5.32 Å². The third-order valence-electron chi connectivity index (χ3n) is 4.77. The van der Waals surface area contributed by atoms with E-state index in [1.807, 2.05) is 24.3 Å². The molecule has 138 valence electrons. The van der Waals surface area contributed by atoms with Crippen molar-refractivity contribution >= 4 is 27.5 Å². The van der Waals surface area contributed by atoms with Crippen LogP contribution in [0.25, 0.3) is 0 Å². The predicted molar refractivity (Wildman–Crippen MR) is 102 cm³/mol. The monoisotopic (exact) mass is 392 g/mol. The minimum absolute atomic E-state index is 0.0469. The average Bonchev–Trinajstić information content (AvgIpc) is 3.41. The highest BCUT2D eigenvalue weighted by Crippen LogP contribution is 2.48. The van der Waals surface area contributed by atoms with Crippen molar-refractivity contribution in [1.29, 1.82) is 0 Å². The van der Waals surface area contributed by atoms with Gasteiger partial charge in [-0.25, -0.2) is 12.7 Å². The molecule has 0 unspecified atom stereocenters. The molecule has 0 atom stereocenters. The summed E-state index contributed by atoms with van der Waals surface area (Å²) in [4.78, 5) is 12.6. The number of rotatable bonds is 6. The second kappa shape index (κ2) is 7.02. The lowest BCUT2D eigenvalue weighted by atomic mass is 9.96. The van der Waals surface area contributed by atoms with E-state index in [0.717, 1.165) is 22.7 Å². The Labute approximate surface area is 159 Å². The van der Waals surface area contributed by atoms with E-state index in [-0.39, 0.29) is 16.2 Å². The van der Waals surface area contributed by atoms with Gasteiger partial charge in [-0.15, -0.1) is 0 Å². The number of benzene rings is 2. The Morgan fingerprint density at radius 1 is 1.15 bits per heavy atom. The summed E-state index contributed by atoms with van der Waals surface area (Å²) < 4.78 is 25.3. The van der Waals surface area contributed by atoms with Crippen molar-refractivity contribution in [3.63, 3.8) is 0 Å². The Morgan fingerprint density at radius 3 is 2.35 bits per heavy atom. The fourth-order valence-corrected chi connectivity index (χ4v) is 3.97. The second-order valence-electron chi connectivity index (χ2n) is 6.79. The van der Waals surface area contributed by atoms with Gasteiger partial charge in [-0.3, -0.25) is 4.79 Å². The zero-order chi connectivity index (χ0) is 18.9.